The van der Waals surface area contributed by atoms with Crippen LogP contribution in [0.15, 0.2) is 47.4 Å². The van der Waals surface area contributed by atoms with Gasteiger partial charge in [-0.1, -0.05) is 6.07 Å². The van der Waals surface area contributed by atoms with E-state index in [4.69, 9.17) is 10.00 Å². The maximum absolute atomic E-state index is 12.2. The number of ether oxygens (including phenoxy) is 1. The van der Waals surface area contributed by atoms with Gasteiger partial charge < -0.3 is 4.74 Å². The summed E-state index contributed by atoms with van der Waals surface area (Å²) in [5.41, 5.74) is 1.61. The average Bonchev–Trinajstić information content (AvgIpc) is 2.84. The van der Waals surface area contributed by atoms with Crippen LogP contribution in [0.4, 0.5) is 0 Å². The quantitative estimate of drug-likeness (QED) is 0.727. The van der Waals surface area contributed by atoms with Crippen molar-refractivity contribution in [1.82, 2.24) is 14.2 Å². The van der Waals surface area contributed by atoms with E-state index >= 15 is 0 Å². The SMILES string of the molecule is COc1ccc(C#N)cc1Cn1nc2ccccn2c1=O. The molecule has 0 unspecified atom stereocenters. The summed E-state index contributed by atoms with van der Waals surface area (Å²) in [4.78, 5) is 12.2. The maximum Gasteiger partial charge on any atom is 0.350 e. The molecule has 1 aromatic carbocycles. The molecule has 0 bridgehead atoms. The van der Waals surface area contributed by atoms with Crippen LogP contribution < -0.4 is 10.4 Å². The molecule has 6 heteroatoms. The predicted octanol–water partition coefficient (Wildman–Crippen LogP) is 1.42. The molecule has 21 heavy (non-hydrogen) atoms. The molecule has 2 aromatic heterocycles. The van der Waals surface area contributed by atoms with Crippen molar-refractivity contribution in [2.75, 3.05) is 7.11 Å². The van der Waals surface area contributed by atoms with E-state index in [0.29, 0.717) is 17.0 Å². The molecule has 0 spiro atoms. The van der Waals surface area contributed by atoms with E-state index in [9.17, 15) is 4.79 Å². The molecule has 0 aliphatic heterocycles. The third-order valence-electron chi connectivity index (χ3n) is 3.22. The highest BCUT2D eigenvalue weighted by molar-refractivity contribution is 5.42. The van der Waals surface area contributed by atoms with Crippen LogP contribution in [0.1, 0.15) is 11.1 Å². The number of fused-ring (bicyclic) bond motifs is 1. The molecule has 0 aliphatic carbocycles. The first-order chi connectivity index (χ1) is 10.2. The molecule has 0 aliphatic rings. The summed E-state index contributed by atoms with van der Waals surface area (Å²) in [6, 6.07) is 12.5. The number of nitrogens with zero attached hydrogens (tertiary/aromatic N) is 4. The summed E-state index contributed by atoms with van der Waals surface area (Å²) < 4.78 is 8.10. The van der Waals surface area contributed by atoms with Crippen molar-refractivity contribution in [3.8, 4) is 11.8 Å². The minimum Gasteiger partial charge on any atom is -0.496 e. The molecule has 0 saturated heterocycles. The van der Waals surface area contributed by atoms with Crippen molar-refractivity contribution >= 4 is 5.65 Å². The van der Waals surface area contributed by atoms with E-state index in [0.717, 1.165) is 5.56 Å². The zero-order chi connectivity index (χ0) is 14.8. The lowest BCUT2D eigenvalue weighted by Crippen LogP contribution is -2.21. The fraction of sp³-hybridized carbons (Fsp3) is 0.133. The molecule has 6 nitrogen and oxygen atoms in total. The Morgan fingerprint density at radius 2 is 2.19 bits per heavy atom. The van der Waals surface area contributed by atoms with Gasteiger partial charge >= 0.3 is 5.69 Å². The summed E-state index contributed by atoms with van der Waals surface area (Å²) >= 11 is 0. The number of hydrogen-bond donors (Lipinski definition) is 0. The Labute approximate surface area is 120 Å². The van der Waals surface area contributed by atoms with Crippen LogP contribution >= 0.6 is 0 Å². The minimum atomic E-state index is -0.227. The van der Waals surface area contributed by atoms with Gasteiger partial charge in [0.25, 0.3) is 0 Å². The van der Waals surface area contributed by atoms with E-state index in [2.05, 4.69) is 11.2 Å². The van der Waals surface area contributed by atoms with Crippen LogP contribution in [0.25, 0.3) is 5.65 Å². The Balaban J connectivity index is 2.08. The Bertz CT molecular complexity index is 902. The molecule has 0 atom stereocenters. The summed E-state index contributed by atoms with van der Waals surface area (Å²) in [6.45, 7) is 0.249. The van der Waals surface area contributed by atoms with E-state index in [1.54, 1.807) is 43.6 Å². The van der Waals surface area contributed by atoms with Crippen molar-refractivity contribution in [1.29, 1.82) is 5.26 Å². The molecule has 0 N–H and O–H groups in total. The molecule has 3 aromatic rings. The lowest BCUT2D eigenvalue weighted by molar-refractivity contribution is 0.407. The molecular weight excluding hydrogens is 268 g/mol. The van der Waals surface area contributed by atoms with Crippen molar-refractivity contribution in [3.05, 3.63) is 64.2 Å². The summed E-state index contributed by atoms with van der Waals surface area (Å²) in [5.74, 6) is 0.623. The fourth-order valence-electron chi connectivity index (χ4n) is 2.20. The zero-order valence-corrected chi connectivity index (χ0v) is 11.4. The smallest absolute Gasteiger partial charge is 0.350 e. The molecule has 0 fully saturated rings. The molecule has 0 saturated carbocycles. The topological polar surface area (TPSA) is 72.3 Å². The second kappa shape index (κ2) is 5.13. The Hall–Kier alpha value is -3.07. The Morgan fingerprint density at radius 3 is 2.90 bits per heavy atom. The van der Waals surface area contributed by atoms with Gasteiger partial charge in [0.05, 0.1) is 25.3 Å². The Kier molecular flexibility index (Phi) is 3.16. The summed E-state index contributed by atoms with van der Waals surface area (Å²) in [5, 5.41) is 13.2. The molecule has 0 radical (unpaired) electrons. The highest BCUT2D eigenvalue weighted by Crippen LogP contribution is 2.20. The maximum atomic E-state index is 12.2. The fourth-order valence-corrected chi connectivity index (χ4v) is 2.20. The van der Waals surface area contributed by atoms with Gasteiger partial charge in [0.2, 0.25) is 0 Å². The predicted molar refractivity (Wildman–Crippen MR) is 76.3 cm³/mol. The standard InChI is InChI=1S/C15H12N4O2/c1-21-13-6-5-11(9-16)8-12(13)10-19-15(20)18-7-3-2-4-14(18)17-19/h2-8H,10H2,1H3. The van der Waals surface area contributed by atoms with Gasteiger partial charge in [-0.3, -0.25) is 4.40 Å². The van der Waals surface area contributed by atoms with E-state index < -0.39 is 0 Å². The first-order valence-corrected chi connectivity index (χ1v) is 6.34. The number of methoxy groups -OCH3 is 1. The summed E-state index contributed by atoms with van der Waals surface area (Å²) in [7, 11) is 1.55. The van der Waals surface area contributed by atoms with Crippen LogP contribution in [-0.4, -0.2) is 21.3 Å². The highest BCUT2D eigenvalue weighted by Gasteiger charge is 2.10. The van der Waals surface area contributed by atoms with Gasteiger partial charge in [-0.15, -0.1) is 5.10 Å². The highest BCUT2D eigenvalue weighted by atomic mass is 16.5. The number of benzene rings is 1. The molecule has 3 rings (SSSR count). The number of rotatable bonds is 3. The van der Waals surface area contributed by atoms with Gasteiger partial charge in [0.1, 0.15) is 5.75 Å². The molecular formula is C15H12N4O2. The third kappa shape index (κ3) is 2.25. The lowest BCUT2D eigenvalue weighted by atomic mass is 10.1. The van der Waals surface area contributed by atoms with Crippen molar-refractivity contribution in [2.45, 2.75) is 6.54 Å². The Morgan fingerprint density at radius 1 is 1.33 bits per heavy atom. The molecule has 2 heterocycles. The van der Waals surface area contributed by atoms with Crippen molar-refractivity contribution in [2.24, 2.45) is 0 Å². The monoisotopic (exact) mass is 280 g/mol. The number of hydrogen-bond acceptors (Lipinski definition) is 4. The average molecular weight is 280 g/mol. The largest absolute Gasteiger partial charge is 0.496 e. The zero-order valence-electron chi connectivity index (χ0n) is 11.4. The van der Waals surface area contributed by atoms with Gasteiger partial charge in [0, 0.05) is 11.8 Å². The number of pyridine rings is 1. The second-order valence-electron chi connectivity index (χ2n) is 4.51. The van der Waals surface area contributed by atoms with E-state index in [1.165, 1.54) is 9.08 Å². The molecule has 104 valence electrons. The number of aromatic nitrogens is 3. The third-order valence-corrected chi connectivity index (χ3v) is 3.22. The van der Waals surface area contributed by atoms with Gasteiger partial charge in [-0.2, -0.15) is 5.26 Å². The number of nitriles is 1. The van der Waals surface area contributed by atoms with Crippen molar-refractivity contribution < 1.29 is 4.74 Å². The van der Waals surface area contributed by atoms with Gasteiger partial charge in [0.15, 0.2) is 5.65 Å². The molecule has 0 amide bonds. The van der Waals surface area contributed by atoms with Crippen LogP contribution in [0.5, 0.6) is 5.75 Å². The summed E-state index contributed by atoms with van der Waals surface area (Å²) in [6.07, 6.45) is 1.67. The minimum absolute atomic E-state index is 0.227. The van der Waals surface area contributed by atoms with Crippen LogP contribution in [-0.2, 0) is 6.54 Å². The lowest BCUT2D eigenvalue weighted by Gasteiger charge is -2.08. The van der Waals surface area contributed by atoms with Crippen LogP contribution in [0.3, 0.4) is 0 Å². The first kappa shape index (κ1) is 12.9. The first-order valence-electron chi connectivity index (χ1n) is 6.34. The van der Waals surface area contributed by atoms with E-state index in [-0.39, 0.29) is 12.2 Å². The van der Waals surface area contributed by atoms with E-state index in [1.807, 2.05) is 6.07 Å². The normalized spacial score (nSPS) is 10.5. The van der Waals surface area contributed by atoms with Gasteiger partial charge in [-0.25, -0.2) is 9.48 Å². The van der Waals surface area contributed by atoms with Crippen LogP contribution in [0.2, 0.25) is 0 Å². The van der Waals surface area contributed by atoms with Gasteiger partial charge in [-0.05, 0) is 30.3 Å². The van der Waals surface area contributed by atoms with Crippen LogP contribution in [0, 0.1) is 11.3 Å². The second-order valence-corrected chi connectivity index (χ2v) is 4.51. The van der Waals surface area contributed by atoms with Crippen molar-refractivity contribution in [3.63, 3.8) is 0 Å².